The van der Waals surface area contributed by atoms with Crippen LogP contribution in [0, 0.1) is 5.92 Å². The van der Waals surface area contributed by atoms with Crippen LogP contribution < -0.4 is 10.1 Å². The van der Waals surface area contributed by atoms with Crippen LogP contribution in [0.3, 0.4) is 0 Å². The van der Waals surface area contributed by atoms with Crippen molar-refractivity contribution in [2.24, 2.45) is 5.92 Å². The molecule has 1 aliphatic rings. The fourth-order valence-electron chi connectivity index (χ4n) is 2.81. The van der Waals surface area contributed by atoms with Crippen LogP contribution in [0.15, 0.2) is 30.3 Å². The fraction of sp³-hybridized carbons (Fsp3) is 0.611. The minimum atomic E-state index is 0.158. The number of hydrogen-bond donors (Lipinski definition) is 1. The summed E-state index contributed by atoms with van der Waals surface area (Å²) in [7, 11) is 1.70. The summed E-state index contributed by atoms with van der Waals surface area (Å²) in [5, 5.41) is 2.70. The van der Waals surface area contributed by atoms with E-state index >= 15 is 0 Å². The van der Waals surface area contributed by atoms with Crippen LogP contribution in [0.4, 0.5) is 0 Å². The summed E-state index contributed by atoms with van der Waals surface area (Å²) in [6.07, 6.45) is 2.87. The lowest BCUT2D eigenvalue weighted by atomic mass is 9.93. The van der Waals surface area contributed by atoms with Crippen LogP contribution in [-0.4, -0.2) is 57.3 Å². The maximum absolute atomic E-state index is 11.4. The van der Waals surface area contributed by atoms with Gasteiger partial charge in [0.1, 0.15) is 12.4 Å². The van der Waals surface area contributed by atoms with Gasteiger partial charge in [-0.3, -0.25) is 4.79 Å². The first kappa shape index (κ1) is 17.8. The van der Waals surface area contributed by atoms with Crippen LogP contribution in [-0.2, 0) is 9.53 Å². The third-order valence-corrected chi connectivity index (χ3v) is 4.25. The molecule has 5 nitrogen and oxygen atoms in total. The minimum Gasteiger partial charge on any atom is -0.491 e. The van der Waals surface area contributed by atoms with Gasteiger partial charge in [-0.25, -0.2) is 0 Å². The van der Waals surface area contributed by atoms with E-state index in [0.717, 1.165) is 44.8 Å². The van der Waals surface area contributed by atoms with Crippen LogP contribution in [0.2, 0.25) is 0 Å². The lowest BCUT2D eigenvalue weighted by Crippen LogP contribution is -2.37. The Hall–Kier alpha value is -1.59. The first-order valence-corrected chi connectivity index (χ1v) is 8.46. The normalized spacial score (nSPS) is 16.2. The van der Waals surface area contributed by atoms with Crippen molar-refractivity contribution < 1.29 is 14.3 Å². The van der Waals surface area contributed by atoms with E-state index < -0.39 is 0 Å². The second-order valence-electron chi connectivity index (χ2n) is 5.94. The van der Waals surface area contributed by atoms with Gasteiger partial charge in [-0.1, -0.05) is 18.2 Å². The molecule has 1 fully saturated rings. The Kier molecular flexibility index (Phi) is 7.90. The zero-order valence-electron chi connectivity index (χ0n) is 14.0. The van der Waals surface area contributed by atoms with E-state index in [1.165, 1.54) is 0 Å². The molecular weight excluding hydrogens is 292 g/mol. The van der Waals surface area contributed by atoms with Crippen molar-refractivity contribution in [1.29, 1.82) is 0 Å². The van der Waals surface area contributed by atoms with Crippen molar-refractivity contribution in [2.75, 3.05) is 46.5 Å². The molecule has 23 heavy (non-hydrogen) atoms. The highest BCUT2D eigenvalue weighted by atomic mass is 16.5. The highest BCUT2D eigenvalue weighted by molar-refractivity contribution is 5.75. The Morgan fingerprint density at radius 2 is 1.91 bits per heavy atom. The molecule has 128 valence electrons. The molecule has 0 radical (unpaired) electrons. The van der Waals surface area contributed by atoms with E-state index in [9.17, 15) is 4.79 Å². The number of nitrogens with zero attached hydrogens (tertiary/aromatic N) is 1. The topological polar surface area (TPSA) is 50.8 Å². The zero-order valence-corrected chi connectivity index (χ0v) is 14.0. The van der Waals surface area contributed by atoms with E-state index in [-0.39, 0.29) is 5.91 Å². The highest BCUT2D eigenvalue weighted by Crippen LogP contribution is 2.20. The number of benzene rings is 1. The van der Waals surface area contributed by atoms with Gasteiger partial charge < -0.3 is 19.7 Å². The van der Waals surface area contributed by atoms with Crippen molar-refractivity contribution in [3.05, 3.63) is 30.3 Å². The summed E-state index contributed by atoms with van der Waals surface area (Å²) in [6, 6.07) is 9.79. The summed E-state index contributed by atoms with van der Waals surface area (Å²) >= 11 is 0. The maximum Gasteiger partial charge on any atom is 0.220 e. The number of rotatable bonds is 9. The fourth-order valence-corrected chi connectivity index (χ4v) is 2.81. The molecule has 1 heterocycles. The zero-order chi connectivity index (χ0) is 16.3. The molecular formula is C18H28N2O3. The number of ether oxygens (including phenoxy) is 2. The second kappa shape index (κ2) is 10.2. The molecule has 0 bridgehead atoms. The molecule has 0 aromatic heterocycles. The smallest absolute Gasteiger partial charge is 0.220 e. The Bertz CT molecular complexity index is 445. The van der Waals surface area contributed by atoms with E-state index in [0.29, 0.717) is 25.6 Å². The predicted molar refractivity (Wildman–Crippen MR) is 90.6 cm³/mol. The minimum absolute atomic E-state index is 0.158. The number of carbonyl (C=O) groups is 1. The molecule has 1 aromatic rings. The first-order valence-electron chi connectivity index (χ1n) is 8.46. The molecule has 1 saturated heterocycles. The van der Waals surface area contributed by atoms with E-state index in [1.54, 1.807) is 7.05 Å². The summed E-state index contributed by atoms with van der Waals surface area (Å²) in [4.78, 5) is 13.8. The molecule has 0 spiro atoms. The first-order chi connectivity index (χ1) is 11.3. The number of piperidine rings is 1. The van der Waals surface area contributed by atoms with Crippen molar-refractivity contribution in [1.82, 2.24) is 10.2 Å². The maximum atomic E-state index is 11.4. The lowest BCUT2D eigenvalue weighted by Gasteiger charge is -2.31. The molecule has 0 unspecified atom stereocenters. The molecule has 2 rings (SSSR count). The van der Waals surface area contributed by atoms with Gasteiger partial charge in [-0.05, 0) is 44.0 Å². The van der Waals surface area contributed by atoms with Crippen LogP contribution in [0.5, 0.6) is 5.75 Å². The van der Waals surface area contributed by atoms with E-state index in [2.05, 4.69) is 10.2 Å². The average molecular weight is 320 g/mol. The molecule has 1 amide bonds. The summed E-state index contributed by atoms with van der Waals surface area (Å²) in [5.41, 5.74) is 0. The van der Waals surface area contributed by atoms with Crippen LogP contribution in [0.1, 0.15) is 19.3 Å². The molecule has 0 aliphatic carbocycles. The second-order valence-corrected chi connectivity index (χ2v) is 5.94. The lowest BCUT2D eigenvalue weighted by molar-refractivity contribution is -0.121. The third-order valence-electron chi connectivity index (χ3n) is 4.25. The Balaban J connectivity index is 1.47. The predicted octanol–water partition coefficient (Wildman–Crippen LogP) is 1.93. The van der Waals surface area contributed by atoms with Gasteiger partial charge in [0.25, 0.3) is 0 Å². The molecule has 0 atom stereocenters. The van der Waals surface area contributed by atoms with Gasteiger partial charge in [-0.15, -0.1) is 0 Å². The molecule has 1 N–H and O–H groups in total. The summed E-state index contributed by atoms with van der Waals surface area (Å²) < 4.78 is 11.2. The largest absolute Gasteiger partial charge is 0.491 e. The van der Waals surface area contributed by atoms with E-state index in [4.69, 9.17) is 9.47 Å². The Morgan fingerprint density at radius 3 is 2.61 bits per heavy atom. The van der Waals surface area contributed by atoms with Gasteiger partial charge in [0.05, 0.1) is 13.2 Å². The number of likely N-dealkylation sites (tertiary alicyclic amines) is 1. The number of amides is 1. The standard InChI is InChI=1S/C18H28N2O3/c1-19-18(21)15-16-7-9-20(10-8-16)11-12-22-13-14-23-17-5-3-2-4-6-17/h2-6,16H,7-15H2,1H3,(H,19,21). The molecule has 0 saturated carbocycles. The average Bonchev–Trinajstić information content (AvgIpc) is 2.60. The van der Waals surface area contributed by atoms with Gasteiger partial charge in [0.2, 0.25) is 5.91 Å². The molecule has 1 aliphatic heterocycles. The van der Waals surface area contributed by atoms with Crippen LogP contribution >= 0.6 is 0 Å². The summed E-state index contributed by atoms with van der Waals surface area (Å²) in [6.45, 7) is 5.01. The Labute approximate surface area is 139 Å². The number of para-hydroxylation sites is 1. The van der Waals surface area contributed by atoms with Crippen molar-refractivity contribution in [2.45, 2.75) is 19.3 Å². The SMILES string of the molecule is CNC(=O)CC1CCN(CCOCCOc2ccccc2)CC1. The van der Waals surface area contributed by atoms with Gasteiger partial charge in [0, 0.05) is 20.0 Å². The van der Waals surface area contributed by atoms with Gasteiger partial charge in [-0.2, -0.15) is 0 Å². The number of carbonyl (C=O) groups excluding carboxylic acids is 1. The quantitative estimate of drug-likeness (QED) is 0.707. The number of nitrogens with one attached hydrogen (secondary N) is 1. The highest BCUT2D eigenvalue weighted by Gasteiger charge is 2.20. The van der Waals surface area contributed by atoms with Crippen molar-refractivity contribution in [3.8, 4) is 5.75 Å². The monoisotopic (exact) mass is 320 g/mol. The number of hydrogen-bond acceptors (Lipinski definition) is 4. The van der Waals surface area contributed by atoms with E-state index in [1.807, 2.05) is 30.3 Å². The van der Waals surface area contributed by atoms with Crippen LogP contribution in [0.25, 0.3) is 0 Å². The summed E-state index contributed by atoms with van der Waals surface area (Å²) in [5.74, 6) is 1.57. The molecule has 1 aromatic carbocycles. The Morgan fingerprint density at radius 1 is 1.17 bits per heavy atom. The molecule has 5 heteroatoms. The van der Waals surface area contributed by atoms with Crippen molar-refractivity contribution in [3.63, 3.8) is 0 Å². The third kappa shape index (κ3) is 7.01. The van der Waals surface area contributed by atoms with Gasteiger partial charge in [0.15, 0.2) is 0 Å². The van der Waals surface area contributed by atoms with Crippen molar-refractivity contribution >= 4 is 5.91 Å². The van der Waals surface area contributed by atoms with Gasteiger partial charge >= 0.3 is 0 Å².